The van der Waals surface area contributed by atoms with E-state index in [1.807, 2.05) is 31.0 Å². The van der Waals surface area contributed by atoms with Crippen molar-refractivity contribution >= 4 is 28.1 Å². The Morgan fingerprint density at radius 3 is 2.94 bits per heavy atom. The quantitative estimate of drug-likeness (QED) is 0.857. The molecule has 0 aliphatic heterocycles. The zero-order valence-electron chi connectivity index (χ0n) is 9.40. The van der Waals surface area contributed by atoms with Crippen molar-refractivity contribution in [2.45, 2.75) is 13.5 Å². The molecule has 2 heterocycles. The van der Waals surface area contributed by atoms with Gasteiger partial charge in [-0.3, -0.25) is 0 Å². The summed E-state index contributed by atoms with van der Waals surface area (Å²) in [6, 6.07) is 5.89. The van der Waals surface area contributed by atoms with Crippen molar-refractivity contribution in [3.05, 3.63) is 34.4 Å². The molecule has 17 heavy (non-hydrogen) atoms. The molecule has 0 aliphatic rings. The van der Waals surface area contributed by atoms with Crippen LogP contribution in [0.25, 0.3) is 0 Å². The summed E-state index contributed by atoms with van der Waals surface area (Å²) in [5, 5.41) is 10.0. The van der Waals surface area contributed by atoms with E-state index in [0.29, 0.717) is 12.1 Å². The van der Waals surface area contributed by atoms with Gasteiger partial charge in [-0.2, -0.15) is 9.64 Å². The third-order valence-corrected chi connectivity index (χ3v) is 3.62. The fraction of sp³-hybridized carbons (Fsp3) is 0.273. The second kappa shape index (κ2) is 4.78. The molecule has 0 radical (unpaired) electrons. The SMILES string of the molecule is Cc1ccc(CN(C)c2snc(Cl)c2C#N)o1. The fourth-order valence-corrected chi connectivity index (χ4v) is 2.48. The summed E-state index contributed by atoms with van der Waals surface area (Å²) in [6.07, 6.45) is 0. The number of hydrogen-bond acceptors (Lipinski definition) is 5. The monoisotopic (exact) mass is 267 g/mol. The van der Waals surface area contributed by atoms with Gasteiger partial charge in [-0.05, 0) is 30.6 Å². The van der Waals surface area contributed by atoms with E-state index in [-0.39, 0.29) is 5.15 Å². The lowest BCUT2D eigenvalue weighted by molar-refractivity contribution is 0.482. The summed E-state index contributed by atoms with van der Waals surface area (Å²) in [5.41, 5.74) is 0.419. The summed E-state index contributed by atoms with van der Waals surface area (Å²) in [6.45, 7) is 2.48. The van der Waals surface area contributed by atoms with Crippen LogP contribution in [0.4, 0.5) is 5.00 Å². The van der Waals surface area contributed by atoms with E-state index in [1.54, 1.807) is 0 Å². The van der Waals surface area contributed by atoms with E-state index in [0.717, 1.165) is 16.5 Å². The minimum Gasteiger partial charge on any atom is -0.464 e. The van der Waals surface area contributed by atoms with E-state index >= 15 is 0 Å². The second-order valence-corrected chi connectivity index (χ2v) is 4.74. The molecule has 0 fully saturated rings. The summed E-state index contributed by atoms with van der Waals surface area (Å²) >= 11 is 7.04. The Kier molecular flexibility index (Phi) is 3.36. The molecule has 0 N–H and O–H groups in total. The molecule has 6 heteroatoms. The predicted octanol–water partition coefficient (Wildman–Crippen LogP) is 3.21. The molecule has 0 aliphatic carbocycles. The Balaban J connectivity index is 2.20. The topological polar surface area (TPSA) is 53.1 Å². The molecule has 0 saturated heterocycles. The zero-order valence-corrected chi connectivity index (χ0v) is 11.0. The van der Waals surface area contributed by atoms with Crippen LogP contribution in [0.2, 0.25) is 5.15 Å². The molecule has 0 atom stereocenters. The molecule has 0 saturated carbocycles. The van der Waals surface area contributed by atoms with Crippen LogP contribution < -0.4 is 4.90 Å². The minimum absolute atomic E-state index is 0.259. The lowest BCUT2D eigenvalue weighted by atomic mass is 10.3. The second-order valence-electron chi connectivity index (χ2n) is 3.63. The summed E-state index contributed by atoms with van der Waals surface area (Å²) in [4.78, 5) is 1.90. The first kappa shape index (κ1) is 12.0. The number of aryl methyl sites for hydroxylation is 1. The highest BCUT2D eigenvalue weighted by atomic mass is 35.5. The third-order valence-electron chi connectivity index (χ3n) is 2.28. The van der Waals surface area contributed by atoms with Crippen LogP contribution in [0, 0.1) is 18.3 Å². The van der Waals surface area contributed by atoms with E-state index in [1.165, 1.54) is 11.5 Å². The van der Waals surface area contributed by atoms with Crippen molar-refractivity contribution in [2.24, 2.45) is 0 Å². The first-order valence-electron chi connectivity index (χ1n) is 4.93. The van der Waals surface area contributed by atoms with Crippen LogP contribution in [-0.2, 0) is 6.54 Å². The van der Waals surface area contributed by atoms with Crippen LogP contribution >= 0.6 is 23.1 Å². The van der Waals surface area contributed by atoms with Crippen LogP contribution in [0.15, 0.2) is 16.5 Å². The molecular formula is C11H10ClN3OS. The van der Waals surface area contributed by atoms with Gasteiger partial charge in [0.05, 0.1) is 6.54 Å². The number of halogens is 1. The average Bonchev–Trinajstić information content (AvgIpc) is 2.84. The molecular weight excluding hydrogens is 258 g/mol. The lowest BCUT2D eigenvalue weighted by Crippen LogP contribution is -2.15. The van der Waals surface area contributed by atoms with Gasteiger partial charge < -0.3 is 9.32 Å². The molecule has 2 aromatic heterocycles. The molecule has 0 aromatic carbocycles. The Bertz CT molecular complexity index is 570. The number of furan rings is 1. The number of rotatable bonds is 3. The van der Waals surface area contributed by atoms with Crippen molar-refractivity contribution in [1.82, 2.24) is 4.37 Å². The normalized spacial score (nSPS) is 10.2. The van der Waals surface area contributed by atoms with Gasteiger partial charge in [-0.1, -0.05) is 11.6 Å². The first-order chi connectivity index (χ1) is 8.11. The molecule has 0 bridgehead atoms. The minimum atomic E-state index is 0.259. The van der Waals surface area contributed by atoms with Gasteiger partial charge in [0.15, 0.2) is 5.15 Å². The summed E-state index contributed by atoms with van der Waals surface area (Å²) < 4.78 is 9.45. The van der Waals surface area contributed by atoms with Gasteiger partial charge in [0.1, 0.15) is 28.2 Å². The molecule has 0 unspecified atom stereocenters. The van der Waals surface area contributed by atoms with Crippen molar-refractivity contribution in [3.8, 4) is 6.07 Å². The van der Waals surface area contributed by atoms with Crippen molar-refractivity contribution in [3.63, 3.8) is 0 Å². The molecule has 88 valence electrons. The highest BCUT2D eigenvalue weighted by molar-refractivity contribution is 7.10. The summed E-state index contributed by atoms with van der Waals surface area (Å²) in [5.74, 6) is 1.72. The maximum atomic E-state index is 8.99. The van der Waals surface area contributed by atoms with E-state index in [2.05, 4.69) is 10.4 Å². The van der Waals surface area contributed by atoms with Crippen molar-refractivity contribution in [1.29, 1.82) is 5.26 Å². The largest absolute Gasteiger partial charge is 0.464 e. The number of hydrogen-bond donors (Lipinski definition) is 0. The van der Waals surface area contributed by atoms with Gasteiger partial charge in [0.2, 0.25) is 0 Å². The van der Waals surface area contributed by atoms with Gasteiger partial charge >= 0.3 is 0 Å². The van der Waals surface area contributed by atoms with Crippen LogP contribution in [-0.4, -0.2) is 11.4 Å². The molecule has 2 rings (SSSR count). The fourth-order valence-electron chi connectivity index (χ4n) is 1.49. The van der Waals surface area contributed by atoms with E-state index in [9.17, 15) is 0 Å². The molecule has 0 spiro atoms. The molecule has 0 amide bonds. The third kappa shape index (κ3) is 2.43. The Labute approximate surface area is 108 Å². The lowest BCUT2D eigenvalue weighted by Gasteiger charge is -2.15. The van der Waals surface area contributed by atoms with E-state index < -0.39 is 0 Å². The number of nitrogens with zero attached hydrogens (tertiary/aromatic N) is 3. The Morgan fingerprint density at radius 1 is 1.59 bits per heavy atom. The van der Waals surface area contributed by atoms with E-state index in [4.69, 9.17) is 21.3 Å². The summed E-state index contributed by atoms with van der Waals surface area (Å²) in [7, 11) is 1.88. The van der Waals surface area contributed by atoms with Crippen LogP contribution in [0.3, 0.4) is 0 Å². The smallest absolute Gasteiger partial charge is 0.162 e. The number of nitriles is 1. The predicted molar refractivity (Wildman–Crippen MR) is 67.4 cm³/mol. The van der Waals surface area contributed by atoms with Crippen molar-refractivity contribution < 1.29 is 4.42 Å². The Hall–Kier alpha value is -1.51. The van der Waals surface area contributed by atoms with Gasteiger partial charge in [0.25, 0.3) is 0 Å². The number of aromatic nitrogens is 1. The maximum Gasteiger partial charge on any atom is 0.162 e. The van der Waals surface area contributed by atoms with Crippen molar-refractivity contribution in [2.75, 3.05) is 11.9 Å². The van der Waals surface area contributed by atoms with Gasteiger partial charge in [-0.15, -0.1) is 0 Å². The number of anilines is 1. The molecule has 2 aromatic rings. The average molecular weight is 268 g/mol. The maximum absolute atomic E-state index is 8.99. The highest BCUT2D eigenvalue weighted by Gasteiger charge is 2.16. The van der Waals surface area contributed by atoms with Gasteiger partial charge in [-0.25, -0.2) is 0 Å². The zero-order chi connectivity index (χ0) is 12.4. The standard InChI is InChI=1S/C11H10ClN3OS/c1-7-3-4-8(16-7)6-15(2)11-9(5-13)10(12)14-17-11/h3-4H,6H2,1-2H3. The van der Waals surface area contributed by atoms with Gasteiger partial charge in [0, 0.05) is 7.05 Å². The van der Waals surface area contributed by atoms with Crippen LogP contribution in [0.1, 0.15) is 17.1 Å². The van der Waals surface area contributed by atoms with Crippen LogP contribution in [0.5, 0.6) is 0 Å². The first-order valence-corrected chi connectivity index (χ1v) is 6.08. The molecule has 4 nitrogen and oxygen atoms in total. The highest BCUT2D eigenvalue weighted by Crippen LogP contribution is 2.31. The Morgan fingerprint density at radius 2 is 2.35 bits per heavy atom.